The minimum absolute atomic E-state index is 0.121. The Kier molecular flexibility index (Phi) is 15.2. The summed E-state index contributed by atoms with van der Waals surface area (Å²) in [6.45, 7) is 13.7. The quantitative estimate of drug-likeness (QED) is 0.321. The maximum absolute atomic E-state index is 11.8. The highest BCUT2D eigenvalue weighted by molar-refractivity contribution is 5.75. The van der Waals surface area contributed by atoms with Crippen LogP contribution in [0.2, 0.25) is 0 Å². The molecular formula is C20H43N3O2. The van der Waals surface area contributed by atoms with Gasteiger partial charge in [-0.25, -0.2) is 0 Å². The van der Waals surface area contributed by atoms with Crippen LogP contribution in [0.15, 0.2) is 0 Å². The third kappa shape index (κ3) is 16.6. The molecule has 0 radical (unpaired) electrons. The van der Waals surface area contributed by atoms with Gasteiger partial charge >= 0.3 is 0 Å². The summed E-state index contributed by atoms with van der Waals surface area (Å²) < 4.78 is 0. The molecule has 5 heteroatoms. The van der Waals surface area contributed by atoms with Gasteiger partial charge in [-0.05, 0) is 64.3 Å². The van der Waals surface area contributed by atoms with Gasteiger partial charge in [-0.2, -0.15) is 0 Å². The normalized spacial score (nSPS) is 15.2. The molecule has 0 saturated carbocycles. The summed E-state index contributed by atoms with van der Waals surface area (Å²) in [7, 11) is 0. The van der Waals surface area contributed by atoms with Crippen molar-refractivity contribution in [1.82, 2.24) is 16.0 Å². The van der Waals surface area contributed by atoms with E-state index in [-0.39, 0.29) is 12.5 Å². The molecular weight excluding hydrogens is 314 g/mol. The van der Waals surface area contributed by atoms with Gasteiger partial charge in [0.05, 0.1) is 0 Å². The number of hydrogen-bond donors (Lipinski definition) is 4. The highest BCUT2D eigenvalue weighted by Gasteiger charge is 2.09. The van der Waals surface area contributed by atoms with Crippen molar-refractivity contribution in [3.05, 3.63) is 0 Å². The van der Waals surface area contributed by atoms with E-state index >= 15 is 0 Å². The predicted octanol–water partition coefficient (Wildman–Crippen LogP) is 2.68. The lowest BCUT2D eigenvalue weighted by atomic mass is 9.93. The molecule has 0 heterocycles. The van der Waals surface area contributed by atoms with E-state index in [1.54, 1.807) is 0 Å². The van der Waals surface area contributed by atoms with Crippen molar-refractivity contribution in [3.63, 3.8) is 0 Å². The first-order chi connectivity index (χ1) is 11.8. The fourth-order valence-corrected chi connectivity index (χ4v) is 3.05. The van der Waals surface area contributed by atoms with E-state index in [2.05, 4.69) is 50.6 Å². The van der Waals surface area contributed by atoms with Gasteiger partial charge in [0, 0.05) is 38.2 Å². The molecule has 0 aliphatic heterocycles. The average molecular weight is 358 g/mol. The summed E-state index contributed by atoms with van der Waals surface area (Å²) in [5, 5.41) is 18.5. The molecule has 3 atom stereocenters. The summed E-state index contributed by atoms with van der Waals surface area (Å²) in [6, 6.07) is 0.811. The van der Waals surface area contributed by atoms with Crippen molar-refractivity contribution < 1.29 is 9.90 Å². The van der Waals surface area contributed by atoms with Crippen LogP contribution in [0.3, 0.4) is 0 Å². The first kappa shape index (κ1) is 24.4. The summed E-state index contributed by atoms with van der Waals surface area (Å²) >= 11 is 0. The summed E-state index contributed by atoms with van der Waals surface area (Å²) in [6.07, 6.45) is 5.90. The molecule has 0 aliphatic carbocycles. The van der Waals surface area contributed by atoms with Gasteiger partial charge in [0.1, 0.15) is 0 Å². The largest absolute Gasteiger partial charge is 0.396 e. The molecule has 5 nitrogen and oxygen atoms in total. The smallest absolute Gasteiger partial charge is 0.220 e. The van der Waals surface area contributed by atoms with Gasteiger partial charge < -0.3 is 21.1 Å². The Morgan fingerprint density at radius 1 is 0.880 bits per heavy atom. The second-order valence-electron chi connectivity index (χ2n) is 7.99. The van der Waals surface area contributed by atoms with Crippen molar-refractivity contribution >= 4 is 5.91 Å². The van der Waals surface area contributed by atoms with E-state index in [1.165, 1.54) is 19.3 Å². The molecule has 0 fully saturated rings. The van der Waals surface area contributed by atoms with Gasteiger partial charge in [0.2, 0.25) is 5.91 Å². The van der Waals surface area contributed by atoms with E-state index in [4.69, 9.17) is 5.11 Å². The molecule has 0 aromatic carbocycles. The van der Waals surface area contributed by atoms with Gasteiger partial charge in [-0.15, -0.1) is 0 Å². The van der Waals surface area contributed by atoms with Crippen LogP contribution in [0.5, 0.6) is 0 Å². The summed E-state index contributed by atoms with van der Waals surface area (Å²) in [4.78, 5) is 11.8. The molecule has 0 spiro atoms. The number of nitrogens with one attached hydrogen (secondary N) is 3. The molecule has 25 heavy (non-hydrogen) atoms. The van der Waals surface area contributed by atoms with E-state index in [0.717, 1.165) is 37.8 Å². The zero-order chi connectivity index (χ0) is 19.1. The third-order valence-corrected chi connectivity index (χ3v) is 4.54. The summed E-state index contributed by atoms with van der Waals surface area (Å²) in [5.41, 5.74) is 0. The highest BCUT2D eigenvalue weighted by Crippen LogP contribution is 2.17. The molecule has 0 saturated heterocycles. The Morgan fingerprint density at radius 3 is 2.16 bits per heavy atom. The number of rotatable bonds is 16. The Hall–Kier alpha value is -0.650. The van der Waals surface area contributed by atoms with Crippen LogP contribution < -0.4 is 16.0 Å². The molecule has 0 rings (SSSR count). The van der Waals surface area contributed by atoms with Crippen LogP contribution in [0, 0.1) is 11.8 Å². The van der Waals surface area contributed by atoms with Crippen LogP contribution in [0.4, 0.5) is 0 Å². The lowest BCUT2D eigenvalue weighted by molar-refractivity contribution is -0.121. The zero-order valence-electron chi connectivity index (χ0n) is 17.2. The van der Waals surface area contributed by atoms with Crippen molar-refractivity contribution in [3.8, 4) is 0 Å². The molecule has 4 N–H and O–H groups in total. The highest BCUT2D eigenvalue weighted by atomic mass is 16.3. The Labute approximate surface area is 155 Å². The van der Waals surface area contributed by atoms with Crippen LogP contribution in [0.1, 0.15) is 73.1 Å². The second-order valence-corrected chi connectivity index (χ2v) is 7.99. The molecule has 3 unspecified atom stereocenters. The lowest BCUT2D eigenvalue weighted by Crippen LogP contribution is -2.36. The topological polar surface area (TPSA) is 73.4 Å². The minimum atomic E-state index is 0.121. The van der Waals surface area contributed by atoms with Gasteiger partial charge in [-0.1, -0.05) is 20.8 Å². The lowest BCUT2D eigenvalue weighted by Gasteiger charge is -2.18. The predicted molar refractivity (Wildman–Crippen MR) is 107 cm³/mol. The number of aliphatic hydroxyl groups excluding tert-OH is 1. The number of amides is 1. The average Bonchev–Trinajstić information content (AvgIpc) is 2.54. The van der Waals surface area contributed by atoms with Gasteiger partial charge in [0.25, 0.3) is 0 Å². The van der Waals surface area contributed by atoms with E-state index in [1.807, 2.05) is 0 Å². The van der Waals surface area contributed by atoms with Crippen molar-refractivity contribution in [2.75, 3.05) is 26.2 Å². The van der Waals surface area contributed by atoms with Crippen LogP contribution in [-0.4, -0.2) is 49.3 Å². The van der Waals surface area contributed by atoms with Gasteiger partial charge in [-0.3, -0.25) is 4.79 Å². The van der Waals surface area contributed by atoms with E-state index in [0.29, 0.717) is 25.0 Å². The Morgan fingerprint density at radius 2 is 1.52 bits per heavy atom. The van der Waals surface area contributed by atoms with Gasteiger partial charge in [0.15, 0.2) is 0 Å². The standard InChI is InChI=1S/C20H43N3O2/c1-16(2)15-17(3)7-8-18(4)22-12-13-23-20(25)10-9-19(5)21-11-6-14-24/h16-19,21-22,24H,6-15H2,1-5H3,(H,23,25). The second kappa shape index (κ2) is 15.6. The molecule has 1 amide bonds. The van der Waals surface area contributed by atoms with Crippen molar-refractivity contribution in [2.45, 2.75) is 85.2 Å². The Balaban J connectivity index is 3.58. The van der Waals surface area contributed by atoms with Crippen molar-refractivity contribution in [1.29, 1.82) is 0 Å². The van der Waals surface area contributed by atoms with Crippen molar-refractivity contribution in [2.24, 2.45) is 11.8 Å². The van der Waals surface area contributed by atoms with Crippen LogP contribution in [0.25, 0.3) is 0 Å². The first-order valence-electron chi connectivity index (χ1n) is 10.2. The van der Waals surface area contributed by atoms with Crippen LogP contribution in [-0.2, 0) is 4.79 Å². The minimum Gasteiger partial charge on any atom is -0.396 e. The fourth-order valence-electron chi connectivity index (χ4n) is 3.05. The number of hydrogen-bond acceptors (Lipinski definition) is 4. The number of carbonyl (C=O) groups is 1. The summed E-state index contributed by atoms with van der Waals surface area (Å²) in [5.74, 6) is 1.69. The van der Waals surface area contributed by atoms with Crippen LogP contribution >= 0.6 is 0 Å². The molecule has 0 bridgehead atoms. The monoisotopic (exact) mass is 357 g/mol. The molecule has 0 aromatic rings. The van der Waals surface area contributed by atoms with E-state index in [9.17, 15) is 4.79 Å². The SMILES string of the molecule is CC(C)CC(C)CCC(C)NCCNC(=O)CCC(C)NCCCO. The van der Waals surface area contributed by atoms with E-state index < -0.39 is 0 Å². The third-order valence-electron chi connectivity index (χ3n) is 4.54. The number of carbonyl (C=O) groups excluding carboxylic acids is 1. The fraction of sp³-hybridized carbons (Fsp3) is 0.950. The maximum Gasteiger partial charge on any atom is 0.220 e. The zero-order valence-corrected chi connectivity index (χ0v) is 17.2. The molecule has 0 aromatic heterocycles. The first-order valence-corrected chi connectivity index (χ1v) is 10.2. The Bertz CT molecular complexity index is 324. The molecule has 150 valence electrons. The molecule has 0 aliphatic rings. The maximum atomic E-state index is 11.8. The number of aliphatic hydroxyl groups is 1.